The Kier molecular flexibility index (Phi) is 19.7. The monoisotopic (exact) mass is 144 g/mol. The number of hydrogen-bond acceptors (Lipinski definition) is 1. The minimum Gasteiger partial charge on any atom is -0.392 e. The summed E-state index contributed by atoms with van der Waals surface area (Å²) in [6.07, 6.45) is 6.97. The molecule has 0 heterocycles. The zero-order valence-electron chi connectivity index (χ0n) is 7.27. The number of unbranched alkanes of at least 4 members (excludes halogenated alkanes) is 3. The van der Waals surface area contributed by atoms with E-state index >= 15 is 0 Å². The fourth-order valence-electron chi connectivity index (χ4n) is 0.500. The van der Waals surface area contributed by atoms with Gasteiger partial charge in [0.2, 0.25) is 0 Å². The first-order valence-electron chi connectivity index (χ1n) is 4.05. The third-order valence-corrected chi connectivity index (χ3v) is 1.09. The fraction of sp³-hybridized carbons (Fsp3) is 0.778. The summed E-state index contributed by atoms with van der Waals surface area (Å²) in [5.74, 6) is 0. The molecule has 0 unspecified atom stereocenters. The summed E-state index contributed by atoms with van der Waals surface area (Å²) in [5.41, 5.74) is 0. The van der Waals surface area contributed by atoms with Gasteiger partial charge in [0.05, 0.1) is 6.61 Å². The van der Waals surface area contributed by atoms with E-state index in [4.69, 9.17) is 5.11 Å². The van der Waals surface area contributed by atoms with Gasteiger partial charge in [-0.1, -0.05) is 45.6 Å². The van der Waals surface area contributed by atoms with Crippen molar-refractivity contribution in [3.63, 3.8) is 0 Å². The van der Waals surface area contributed by atoms with E-state index in [1.165, 1.54) is 31.8 Å². The average molecular weight is 144 g/mol. The molecular formula is C9H20O. The van der Waals surface area contributed by atoms with Crippen LogP contribution < -0.4 is 0 Å². The van der Waals surface area contributed by atoms with E-state index in [-0.39, 0.29) is 6.61 Å². The Hall–Kier alpha value is -0.300. The molecule has 0 aromatic rings. The van der Waals surface area contributed by atoms with E-state index in [1.54, 1.807) is 0 Å². The van der Waals surface area contributed by atoms with Gasteiger partial charge >= 0.3 is 0 Å². The molecule has 0 aromatic carbocycles. The summed E-state index contributed by atoms with van der Waals surface area (Å²) in [4.78, 5) is 0. The fourth-order valence-corrected chi connectivity index (χ4v) is 0.500. The molecule has 0 atom stereocenters. The van der Waals surface area contributed by atoms with Gasteiger partial charge < -0.3 is 5.11 Å². The van der Waals surface area contributed by atoms with Crippen molar-refractivity contribution < 1.29 is 5.11 Å². The second-order valence-electron chi connectivity index (χ2n) is 2.18. The Balaban J connectivity index is 0. The van der Waals surface area contributed by atoms with Crippen molar-refractivity contribution in [2.75, 3.05) is 6.61 Å². The molecule has 0 aromatic heterocycles. The van der Waals surface area contributed by atoms with Crippen LogP contribution in [0.4, 0.5) is 0 Å². The molecule has 0 amide bonds. The van der Waals surface area contributed by atoms with Gasteiger partial charge in [0.1, 0.15) is 0 Å². The molecule has 1 N–H and O–H groups in total. The highest BCUT2D eigenvalue weighted by molar-refractivity contribution is 4.60. The molecule has 0 aliphatic carbocycles. The Bertz CT molecular complexity index is 46.7. The zero-order valence-corrected chi connectivity index (χ0v) is 7.27. The Labute approximate surface area is 64.8 Å². The van der Waals surface area contributed by atoms with E-state index < -0.39 is 0 Å². The van der Waals surface area contributed by atoms with Crippen LogP contribution in [0.1, 0.15) is 39.5 Å². The maximum absolute atomic E-state index is 7.76. The minimum absolute atomic E-state index is 0.0833. The Morgan fingerprint density at radius 3 is 1.60 bits per heavy atom. The van der Waals surface area contributed by atoms with Gasteiger partial charge in [-0.15, -0.1) is 6.58 Å². The lowest BCUT2D eigenvalue weighted by Crippen LogP contribution is -1.66. The van der Waals surface area contributed by atoms with E-state index in [2.05, 4.69) is 20.4 Å². The van der Waals surface area contributed by atoms with Crippen LogP contribution in [-0.2, 0) is 0 Å². The van der Waals surface area contributed by atoms with Crippen LogP contribution in [0.5, 0.6) is 0 Å². The number of rotatable bonds is 4. The van der Waals surface area contributed by atoms with Crippen molar-refractivity contribution in [2.45, 2.75) is 39.5 Å². The predicted molar refractivity (Wildman–Crippen MR) is 47.1 cm³/mol. The van der Waals surface area contributed by atoms with Crippen molar-refractivity contribution in [3.8, 4) is 0 Å². The maximum atomic E-state index is 7.76. The van der Waals surface area contributed by atoms with Crippen molar-refractivity contribution >= 4 is 0 Å². The van der Waals surface area contributed by atoms with Gasteiger partial charge in [0, 0.05) is 0 Å². The van der Waals surface area contributed by atoms with Crippen molar-refractivity contribution in [3.05, 3.63) is 12.7 Å². The number of aliphatic hydroxyl groups is 1. The topological polar surface area (TPSA) is 20.2 Å². The third kappa shape index (κ3) is 25.2. The molecule has 0 bridgehead atoms. The summed E-state index contributed by atoms with van der Waals surface area (Å²) >= 11 is 0. The molecule has 0 saturated heterocycles. The van der Waals surface area contributed by atoms with Crippen LogP contribution in [-0.4, -0.2) is 11.7 Å². The first-order valence-corrected chi connectivity index (χ1v) is 4.05. The lowest BCUT2D eigenvalue weighted by atomic mass is 10.2. The van der Waals surface area contributed by atoms with Crippen molar-refractivity contribution in [1.29, 1.82) is 0 Å². The molecule has 1 heteroatoms. The largest absolute Gasteiger partial charge is 0.392 e. The standard InChI is InChI=1S/C6H14.C3H6O/c1-3-5-6-4-2;1-2-3-4/h3-6H2,1-2H3;2,4H,1,3H2. The summed E-state index contributed by atoms with van der Waals surface area (Å²) in [6.45, 7) is 7.78. The van der Waals surface area contributed by atoms with Gasteiger partial charge in [-0.25, -0.2) is 0 Å². The predicted octanol–water partition coefficient (Wildman–Crippen LogP) is 2.75. The number of hydrogen-bond donors (Lipinski definition) is 1. The quantitative estimate of drug-likeness (QED) is 0.475. The summed E-state index contributed by atoms with van der Waals surface area (Å²) in [5, 5.41) is 7.76. The van der Waals surface area contributed by atoms with Gasteiger partial charge in [0.25, 0.3) is 0 Å². The van der Waals surface area contributed by atoms with E-state index in [0.717, 1.165) is 0 Å². The van der Waals surface area contributed by atoms with Crippen LogP contribution in [0.15, 0.2) is 12.7 Å². The average Bonchev–Trinajstić information content (AvgIpc) is 2.01. The highest BCUT2D eigenvalue weighted by Crippen LogP contribution is 1.95. The molecular weight excluding hydrogens is 124 g/mol. The van der Waals surface area contributed by atoms with Crippen LogP contribution in [0.25, 0.3) is 0 Å². The van der Waals surface area contributed by atoms with Crippen molar-refractivity contribution in [2.24, 2.45) is 0 Å². The smallest absolute Gasteiger partial charge is 0.0609 e. The molecule has 0 rings (SSSR count). The van der Waals surface area contributed by atoms with E-state index in [0.29, 0.717) is 0 Å². The molecule has 0 saturated carbocycles. The Morgan fingerprint density at radius 1 is 1.20 bits per heavy atom. The van der Waals surface area contributed by atoms with E-state index in [1.807, 2.05) is 0 Å². The lowest BCUT2D eigenvalue weighted by molar-refractivity contribution is 0.343. The molecule has 10 heavy (non-hydrogen) atoms. The summed E-state index contributed by atoms with van der Waals surface area (Å²) in [7, 11) is 0. The normalized spacial score (nSPS) is 7.90. The molecule has 62 valence electrons. The third-order valence-electron chi connectivity index (χ3n) is 1.09. The molecule has 1 nitrogen and oxygen atoms in total. The first-order chi connectivity index (χ1) is 4.83. The first kappa shape index (κ1) is 12.4. The molecule has 0 aliphatic heterocycles. The lowest BCUT2D eigenvalue weighted by Gasteiger charge is -1.86. The highest BCUT2D eigenvalue weighted by Gasteiger charge is 1.75. The summed E-state index contributed by atoms with van der Waals surface area (Å²) in [6, 6.07) is 0. The summed E-state index contributed by atoms with van der Waals surface area (Å²) < 4.78 is 0. The van der Waals surface area contributed by atoms with Gasteiger partial charge in [-0.2, -0.15) is 0 Å². The van der Waals surface area contributed by atoms with Crippen LogP contribution in [0.3, 0.4) is 0 Å². The molecule has 0 fully saturated rings. The van der Waals surface area contributed by atoms with E-state index in [9.17, 15) is 0 Å². The number of aliphatic hydroxyl groups excluding tert-OH is 1. The van der Waals surface area contributed by atoms with Crippen LogP contribution in [0, 0.1) is 0 Å². The minimum atomic E-state index is 0.0833. The maximum Gasteiger partial charge on any atom is 0.0609 e. The zero-order chi connectivity index (χ0) is 8.24. The van der Waals surface area contributed by atoms with Gasteiger partial charge in [-0.3, -0.25) is 0 Å². The second kappa shape index (κ2) is 15.9. The van der Waals surface area contributed by atoms with Gasteiger partial charge in [0.15, 0.2) is 0 Å². The van der Waals surface area contributed by atoms with Crippen LogP contribution in [0.2, 0.25) is 0 Å². The molecule has 0 aliphatic rings. The molecule has 0 radical (unpaired) electrons. The highest BCUT2D eigenvalue weighted by atomic mass is 16.2. The SMILES string of the molecule is C=CCO.CCCCCC. The van der Waals surface area contributed by atoms with Crippen LogP contribution >= 0.6 is 0 Å². The second-order valence-corrected chi connectivity index (χ2v) is 2.18. The molecule has 0 spiro atoms. The Morgan fingerprint density at radius 2 is 1.50 bits per heavy atom. The van der Waals surface area contributed by atoms with Crippen molar-refractivity contribution in [1.82, 2.24) is 0 Å². The van der Waals surface area contributed by atoms with Gasteiger partial charge in [-0.05, 0) is 0 Å².